The summed E-state index contributed by atoms with van der Waals surface area (Å²) in [7, 11) is -2.60. The lowest BCUT2D eigenvalue weighted by atomic mass is 9.98. The molecule has 58 heavy (non-hydrogen) atoms. The fraction of sp³-hybridized carbons (Fsp3) is 0.0182. The number of allylic oxidation sites excluding steroid dienone is 5. The minimum atomic E-state index is -2.60. The van der Waals surface area contributed by atoms with Crippen LogP contribution in [0.5, 0.6) is 0 Å². The van der Waals surface area contributed by atoms with Crippen molar-refractivity contribution in [3.8, 4) is 22.3 Å². The second-order valence-electron chi connectivity index (χ2n) is 16.0. The highest BCUT2D eigenvalue weighted by atomic mass is 32.1. The van der Waals surface area contributed by atoms with Crippen molar-refractivity contribution < 1.29 is 0 Å². The van der Waals surface area contributed by atoms with Crippen LogP contribution in [-0.2, 0) is 0 Å². The third kappa shape index (κ3) is 3.95. The highest BCUT2D eigenvalue weighted by Gasteiger charge is 2.53. The van der Waals surface area contributed by atoms with Crippen LogP contribution in [0.3, 0.4) is 0 Å². The first kappa shape index (κ1) is 32.3. The summed E-state index contributed by atoms with van der Waals surface area (Å²) in [5.74, 6) is 0. The Morgan fingerprint density at radius 2 is 1.14 bits per heavy atom. The van der Waals surface area contributed by atoms with Gasteiger partial charge in [-0.05, 0) is 108 Å². The van der Waals surface area contributed by atoms with Gasteiger partial charge in [-0.2, -0.15) is 0 Å². The molecule has 270 valence electrons. The first-order chi connectivity index (χ1) is 28.7. The van der Waals surface area contributed by atoms with Gasteiger partial charge in [0, 0.05) is 36.3 Å². The van der Waals surface area contributed by atoms with Crippen molar-refractivity contribution in [1.29, 1.82) is 0 Å². The van der Waals surface area contributed by atoms with Gasteiger partial charge in [-0.15, -0.1) is 11.3 Å². The summed E-state index contributed by atoms with van der Waals surface area (Å²) in [5.41, 5.74) is 11.7. The Labute approximate surface area is 340 Å². The van der Waals surface area contributed by atoms with Gasteiger partial charge >= 0.3 is 0 Å². The zero-order valence-corrected chi connectivity index (χ0v) is 33.7. The van der Waals surface area contributed by atoms with Gasteiger partial charge in [0.05, 0.1) is 16.6 Å². The molecule has 0 saturated heterocycles. The lowest BCUT2D eigenvalue weighted by Crippen LogP contribution is -2.64. The van der Waals surface area contributed by atoms with Crippen molar-refractivity contribution >= 4 is 110 Å². The predicted molar refractivity (Wildman–Crippen MR) is 254 cm³/mol. The summed E-state index contributed by atoms with van der Waals surface area (Å²) in [6, 6.07) is 62.5. The topological polar surface area (TPSA) is 4.41 Å². The predicted octanol–water partition coefficient (Wildman–Crippen LogP) is 13.1. The normalized spacial score (nSPS) is 16.0. The third-order valence-electron chi connectivity index (χ3n) is 13.4. The van der Waals surface area contributed by atoms with E-state index < -0.39 is 8.07 Å². The summed E-state index contributed by atoms with van der Waals surface area (Å²) in [6.07, 6.45) is 6.42. The Balaban J connectivity index is 1.14. The molecule has 13 rings (SSSR count). The van der Waals surface area contributed by atoms with Gasteiger partial charge in [0.2, 0.25) is 0 Å². The maximum absolute atomic E-state index is 4.08. The molecule has 0 bridgehead atoms. The molecule has 0 radical (unpaired) electrons. The van der Waals surface area contributed by atoms with Crippen LogP contribution >= 0.6 is 11.3 Å². The minimum absolute atomic E-state index is 1.22. The molecule has 1 nitrogen and oxygen atoms in total. The van der Waals surface area contributed by atoms with E-state index in [0.717, 1.165) is 0 Å². The second kappa shape index (κ2) is 11.6. The van der Waals surface area contributed by atoms with E-state index in [4.69, 9.17) is 0 Å². The van der Waals surface area contributed by atoms with Crippen LogP contribution in [0.2, 0.25) is 0 Å². The van der Waals surface area contributed by atoms with Crippen LogP contribution in [0.25, 0.3) is 96.9 Å². The zero-order valence-electron chi connectivity index (χ0n) is 31.9. The number of benzene rings is 8. The van der Waals surface area contributed by atoms with Crippen LogP contribution in [0.4, 0.5) is 0 Å². The highest BCUT2D eigenvalue weighted by molar-refractivity contribution is 7.26. The molecule has 1 atom stereocenters. The van der Waals surface area contributed by atoms with E-state index in [1.165, 1.54) is 123 Å². The number of hydrogen-bond donors (Lipinski definition) is 0. The van der Waals surface area contributed by atoms with E-state index in [0.29, 0.717) is 0 Å². The third-order valence-corrected chi connectivity index (χ3v) is 19.5. The molecule has 2 aliphatic heterocycles. The zero-order chi connectivity index (χ0) is 38.3. The van der Waals surface area contributed by atoms with Crippen molar-refractivity contribution in [2.45, 2.75) is 6.92 Å². The highest BCUT2D eigenvalue weighted by Crippen LogP contribution is 2.47. The van der Waals surface area contributed by atoms with Crippen LogP contribution < -0.4 is 15.6 Å². The summed E-state index contributed by atoms with van der Waals surface area (Å²) in [4.78, 5) is 0. The monoisotopic (exact) mass is 769 g/mol. The second-order valence-corrected chi connectivity index (χ2v) is 20.7. The average Bonchev–Trinajstić information content (AvgIpc) is 3.99. The molecule has 0 amide bonds. The summed E-state index contributed by atoms with van der Waals surface area (Å²) < 4.78 is 5.22. The first-order valence-corrected chi connectivity index (χ1v) is 22.9. The van der Waals surface area contributed by atoms with Gasteiger partial charge in [-0.1, -0.05) is 158 Å². The largest absolute Gasteiger partial charge is 0.308 e. The Morgan fingerprint density at radius 1 is 0.500 bits per heavy atom. The summed E-state index contributed by atoms with van der Waals surface area (Å²) in [6.45, 7) is 6.40. The number of para-hydroxylation sites is 1. The van der Waals surface area contributed by atoms with Crippen molar-refractivity contribution in [2.24, 2.45) is 0 Å². The summed E-state index contributed by atoms with van der Waals surface area (Å²) >= 11 is 1.91. The van der Waals surface area contributed by atoms with Gasteiger partial charge in [-0.3, -0.25) is 0 Å². The number of thiophene rings is 1. The molecule has 5 heterocycles. The Hall–Kier alpha value is -6.78. The van der Waals surface area contributed by atoms with E-state index in [-0.39, 0.29) is 0 Å². The van der Waals surface area contributed by atoms with Crippen LogP contribution in [-0.4, -0.2) is 12.5 Å². The number of fused-ring (bicyclic) bond motifs is 15. The van der Waals surface area contributed by atoms with E-state index in [1.807, 2.05) is 17.4 Å². The lowest BCUT2D eigenvalue weighted by Gasteiger charge is -2.29. The lowest BCUT2D eigenvalue weighted by molar-refractivity contribution is 1.36. The van der Waals surface area contributed by atoms with E-state index in [1.54, 1.807) is 0 Å². The fourth-order valence-electron chi connectivity index (χ4n) is 11.1. The van der Waals surface area contributed by atoms with Gasteiger partial charge in [-0.25, -0.2) is 0 Å². The average molecular weight is 770 g/mol. The van der Waals surface area contributed by atoms with Gasteiger partial charge in [0.25, 0.3) is 0 Å². The van der Waals surface area contributed by atoms with Crippen molar-refractivity contribution in [1.82, 2.24) is 4.40 Å². The molecule has 0 N–H and O–H groups in total. The molecular formula is C55H35NSSi. The molecule has 8 aromatic carbocycles. The van der Waals surface area contributed by atoms with E-state index in [9.17, 15) is 0 Å². The molecule has 0 fully saturated rings. The summed E-state index contributed by atoms with van der Waals surface area (Å²) in [5, 5.41) is 16.3. The molecule has 1 unspecified atom stereocenters. The van der Waals surface area contributed by atoms with Crippen molar-refractivity contribution in [2.75, 3.05) is 0 Å². The molecule has 0 saturated carbocycles. The fourth-order valence-corrected chi connectivity index (χ4v) is 18.0. The first-order valence-electron chi connectivity index (χ1n) is 20.1. The molecular weight excluding hydrogens is 735 g/mol. The van der Waals surface area contributed by atoms with Gasteiger partial charge in [0.15, 0.2) is 8.07 Å². The SMILES string of the molecule is C=C/C=C\C1=C(C)c2ccccc2[Si]12c1ccccc1-c1ccc(-c3ccc4c(c3)c3ccc5sc6cccc7c8ccccc8c8ccccc8n4c3c5c67)cc12. The molecule has 2 aliphatic rings. The minimum Gasteiger partial charge on any atom is -0.308 e. The number of aromatic nitrogens is 1. The Kier molecular flexibility index (Phi) is 6.49. The molecule has 0 aliphatic carbocycles. The van der Waals surface area contributed by atoms with E-state index >= 15 is 0 Å². The Morgan fingerprint density at radius 3 is 1.98 bits per heavy atom. The maximum atomic E-state index is 4.08. The van der Waals surface area contributed by atoms with Crippen molar-refractivity contribution in [3.05, 3.63) is 199 Å². The van der Waals surface area contributed by atoms with E-state index in [2.05, 4.69) is 194 Å². The molecule has 3 aromatic heterocycles. The standard InChI is InChI=1S/C55H35NSSi/c1-3-4-22-49-33(2)36-14-8-11-23-50(36)58(49)51-24-12-9-18-40(51)41-27-25-35(32-52(41)58)34-26-29-46-44(31-34)43-28-30-48-54-53-42(19-13-21-47(53)57-48)38-16-6-5-15-37(38)39-17-7-10-20-45(39)56(46)55(43)54/h3-32H,1H2,2H3/b22-4-. The van der Waals surface area contributed by atoms with Crippen molar-refractivity contribution in [3.63, 3.8) is 0 Å². The number of rotatable bonds is 3. The maximum Gasteiger partial charge on any atom is 0.181 e. The van der Waals surface area contributed by atoms with Crippen LogP contribution in [0.15, 0.2) is 194 Å². The van der Waals surface area contributed by atoms with Crippen LogP contribution in [0.1, 0.15) is 12.5 Å². The quantitative estimate of drug-likeness (QED) is 0.125. The Bertz CT molecular complexity index is 3710. The molecule has 1 spiro atoms. The molecule has 11 aromatic rings. The van der Waals surface area contributed by atoms with Gasteiger partial charge in [0.1, 0.15) is 0 Å². The number of hydrogen-bond acceptors (Lipinski definition) is 1. The van der Waals surface area contributed by atoms with Crippen LogP contribution in [0, 0.1) is 0 Å². The van der Waals surface area contributed by atoms with Gasteiger partial charge < -0.3 is 4.40 Å². The molecule has 3 heteroatoms. The smallest absolute Gasteiger partial charge is 0.181 e. The number of nitrogens with zero attached hydrogens (tertiary/aromatic N) is 1.